The summed E-state index contributed by atoms with van der Waals surface area (Å²) in [4.78, 5) is 5.47. The molecule has 0 aliphatic carbocycles. The van der Waals surface area contributed by atoms with Crippen molar-refractivity contribution < 1.29 is 5.11 Å². The Morgan fingerprint density at radius 2 is 1.83 bits per heavy atom. The van der Waals surface area contributed by atoms with E-state index < -0.39 is 0 Å². The van der Waals surface area contributed by atoms with E-state index in [9.17, 15) is 5.11 Å². The number of benzene rings is 1. The van der Waals surface area contributed by atoms with Crippen molar-refractivity contribution in [3.8, 4) is 0 Å². The highest BCUT2D eigenvalue weighted by atomic mass is 32.1. The highest BCUT2D eigenvalue weighted by molar-refractivity contribution is 7.11. The van der Waals surface area contributed by atoms with E-state index >= 15 is 0 Å². The maximum atomic E-state index is 9.20. The number of rotatable bonds is 5. The Kier molecular flexibility index (Phi) is 4.15. The molecule has 0 saturated carbocycles. The van der Waals surface area contributed by atoms with Gasteiger partial charge in [-0.05, 0) is 18.4 Å². The highest BCUT2D eigenvalue weighted by Gasteiger charge is 2.33. The molecule has 0 radical (unpaired) electrons. The molecule has 0 bridgehead atoms. The molecular formula is C15H19NOS. The minimum atomic E-state index is -0.0145. The molecule has 0 spiro atoms. The van der Waals surface area contributed by atoms with E-state index in [0.717, 1.165) is 22.7 Å². The summed E-state index contributed by atoms with van der Waals surface area (Å²) in [5, 5.41) is 10.3. The zero-order chi connectivity index (χ0) is 13.0. The average molecular weight is 261 g/mol. The van der Waals surface area contributed by atoms with E-state index in [2.05, 4.69) is 43.1 Å². The molecule has 1 aromatic heterocycles. The van der Waals surface area contributed by atoms with Crippen LogP contribution in [0.4, 0.5) is 0 Å². The monoisotopic (exact) mass is 261 g/mol. The summed E-state index contributed by atoms with van der Waals surface area (Å²) in [5.74, 6) is 0. The number of nitrogens with zero attached hydrogens (tertiary/aromatic N) is 1. The molecule has 0 atom stereocenters. The van der Waals surface area contributed by atoms with Gasteiger partial charge in [0.1, 0.15) is 5.01 Å². The lowest BCUT2D eigenvalue weighted by atomic mass is 9.76. The Bertz CT molecular complexity index is 488. The van der Waals surface area contributed by atoms with Crippen LogP contribution in [0.3, 0.4) is 0 Å². The third-order valence-corrected chi connectivity index (χ3v) is 4.84. The first-order chi connectivity index (χ1) is 8.76. The van der Waals surface area contributed by atoms with E-state index in [1.54, 1.807) is 17.5 Å². The zero-order valence-electron chi connectivity index (χ0n) is 10.9. The Morgan fingerprint density at radius 3 is 2.33 bits per heavy atom. The molecule has 3 heteroatoms. The van der Waals surface area contributed by atoms with Crippen molar-refractivity contribution in [2.45, 2.75) is 38.7 Å². The van der Waals surface area contributed by atoms with Crippen molar-refractivity contribution in [2.75, 3.05) is 0 Å². The Balaban J connectivity index is 2.50. The fourth-order valence-corrected chi connectivity index (χ4v) is 3.57. The summed E-state index contributed by atoms with van der Waals surface area (Å²) in [6, 6.07) is 10.5. The number of hydrogen-bond donors (Lipinski definition) is 1. The molecule has 0 amide bonds. The van der Waals surface area contributed by atoms with Gasteiger partial charge >= 0.3 is 0 Å². The van der Waals surface area contributed by atoms with Gasteiger partial charge in [0.25, 0.3) is 0 Å². The number of aromatic nitrogens is 1. The molecule has 96 valence electrons. The fraction of sp³-hybridized carbons (Fsp3) is 0.400. The molecule has 0 saturated heterocycles. The third kappa shape index (κ3) is 2.20. The molecule has 2 nitrogen and oxygen atoms in total. The Labute approximate surface area is 112 Å². The van der Waals surface area contributed by atoms with Crippen molar-refractivity contribution >= 4 is 11.3 Å². The second kappa shape index (κ2) is 5.63. The first-order valence-corrected chi connectivity index (χ1v) is 7.20. The van der Waals surface area contributed by atoms with Crippen LogP contribution in [0.5, 0.6) is 0 Å². The van der Waals surface area contributed by atoms with Crippen LogP contribution in [0.15, 0.2) is 36.5 Å². The van der Waals surface area contributed by atoms with E-state index in [0.29, 0.717) is 0 Å². The van der Waals surface area contributed by atoms with E-state index in [4.69, 9.17) is 0 Å². The molecule has 1 aromatic carbocycles. The zero-order valence-corrected chi connectivity index (χ0v) is 11.7. The van der Waals surface area contributed by atoms with Gasteiger partial charge in [-0.25, -0.2) is 4.98 Å². The predicted octanol–water partition coefficient (Wildman–Crippen LogP) is 3.74. The van der Waals surface area contributed by atoms with Crippen molar-refractivity contribution in [3.05, 3.63) is 52.0 Å². The van der Waals surface area contributed by atoms with Crippen LogP contribution in [0.1, 0.15) is 42.1 Å². The maximum Gasteiger partial charge on any atom is 0.103 e. The van der Waals surface area contributed by atoms with Gasteiger partial charge in [0.15, 0.2) is 0 Å². The Hall–Kier alpha value is -1.19. The summed E-state index contributed by atoms with van der Waals surface area (Å²) in [6.07, 6.45) is 3.83. The van der Waals surface area contributed by atoms with Crippen LogP contribution in [-0.2, 0) is 12.0 Å². The van der Waals surface area contributed by atoms with Gasteiger partial charge in [0, 0.05) is 11.6 Å². The lowest BCUT2D eigenvalue weighted by Crippen LogP contribution is -2.25. The smallest absolute Gasteiger partial charge is 0.103 e. The van der Waals surface area contributed by atoms with Gasteiger partial charge in [-0.15, -0.1) is 11.3 Å². The lowest BCUT2D eigenvalue weighted by Gasteiger charge is -2.30. The average Bonchev–Trinajstić information content (AvgIpc) is 2.91. The molecule has 1 heterocycles. The molecule has 0 fully saturated rings. The van der Waals surface area contributed by atoms with Crippen LogP contribution < -0.4 is 0 Å². The molecule has 2 rings (SSSR count). The first kappa shape index (κ1) is 13.2. The van der Waals surface area contributed by atoms with Crippen molar-refractivity contribution in [2.24, 2.45) is 0 Å². The molecule has 0 aliphatic heterocycles. The third-order valence-electron chi connectivity index (χ3n) is 3.65. The van der Waals surface area contributed by atoms with Crippen LogP contribution in [0.2, 0.25) is 0 Å². The minimum Gasteiger partial charge on any atom is -0.391 e. The number of thiazole rings is 1. The van der Waals surface area contributed by atoms with E-state index in [1.165, 1.54) is 5.56 Å². The van der Waals surface area contributed by atoms with Gasteiger partial charge in [-0.2, -0.15) is 0 Å². The summed E-state index contributed by atoms with van der Waals surface area (Å²) >= 11 is 1.62. The second-order valence-corrected chi connectivity index (χ2v) is 5.56. The lowest BCUT2D eigenvalue weighted by molar-refractivity contribution is 0.285. The standard InChI is InChI=1S/C15H19NOS/c1-3-15(4-2,12-8-6-5-7-9-12)14-16-10-13(11-17)18-14/h5-10,17H,3-4,11H2,1-2H3. The normalized spacial score (nSPS) is 11.7. The fourth-order valence-electron chi connectivity index (χ4n) is 2.44. The molecule has 0 aliphatic rings. The van der Waals surface area contributed by atoms with Gasteiger partial charge in [-0.1, -0.05) is 44.2 Å². The Morgan fingerprint density at radius 1 is 1.17 bits per heavy atom. The second-order valence-electron chi connectivity index (χ2n) is 4.45. The van der Waals surface area contributed by atoms with Crippen LogP contribution in [0, 0.1) is 0 Å². The number of aliphatic hydroxyl groups is 1. The minimum absolute atomic E-state index is 0.0145. The van der Waals surface area contributed by atoms with Crippen molar-refractivity contribution in [1.82, 2.24) is 4.98 Å². The van der Waals surface area contributed by atoms with Crippen molar-refractivity contribution in [1.29, 1.82) is 0 Å². The molecule has 18 heavy (non-hydrogen) atoms. The quantitative estimate of drug-likeness (QED) is 0.889. The van der Waals surface area contributed by atoms with Gasteiger partial charge in [-0.3, -0.25) is 0 Å². The number of hydrogen-bond acceptors (Lipinski definition) is 3. The topological polar surface area (TPSA) is 33.1 Å². The van der Waals surface area contributed by atoms with Crippen LogP contribution >= 0.6 is 11.3 Å². The summed E-state index contributed by atoms with van der Waals surface area (Å²) < 4.78 is 0. The predicted molar refractivity (Wildman–Crippen MR) is 75.8 cm³/mol. The molecule has 0 unspecified atom stereocenters. The molecule has 1 N–H and O–H groups in total. The van der Waals surface area contributed by atoms with Gasteiger partial charge in [0.05, 0.1) is 11.5 Å². The summed E-state index contributed by atoms with van der Waals surface area (Å²) in [7, 11) is 0. The van der Waals surface area contributed by atoms with Crippen molar-refractivity contribution in [3.63, 3.8) is 0 Å². The van der Waals surface area contributed by atoms with Gasteiger partial charge in [0.2, 0.25) is 0 Å². The van der Waals surface area contributed by atoms with Gasteiger partial charge < -0.3 is 5.11 Å². The molecular weight excluding hydrogens is 242 g/mol. The van der Waals surface area contributed by atoms with Crippen LogP contribution in [-0.4, -0.2) is 10.1 Å². The number of aliphatic hydroxyl groups excluding tert-OH is 1. The maximum absolute atomic E-state index is 9.20. The largest absolute Gasteiger partial charge is 0.391 e. The first-order valence-electron chi connectivity index (χ1n) is 6.38. The van der Waals surface area contributed by atoms with E-state index in [1.807, 2.05) is 6.07 Å². The highest BCUT2D eigenvalue weighted by Crippen LogP contribution is 2.40. The summed E-state index contributed by atoms with van der Waals surface area (Å²) in [5.41, 5.74) is 1.30. The summed E-state index contributed by atoms with van der Waals surface area (Å²) in [6.45, 7) is 4.49. The van der Waals surface area contributed by atoms with E-state index in [-0.39, 0.29) is 12.0 Å². The van der Waals surface area contributed by atoms with Crippen LogP contribution in [0.25, 0.3) is 0 Å². The SMILES string of the molecule is CCC(CC)(c1ccccc1)c1ncc(CO)s1. The molecule has 2 aromatic rings.